The molecule has 24 heavy (non-hydrogen) atoms. The Hall–Kier alpha value is -2.06. The highest BCUT2D eigenvalue weighted by atomic mass is 35.5. The van der Waals surface area contributed by atoms with E-state index in [4.69, 9.17) is 21.1 Å². The van der Waals surface area contributed by atoms with E-state index in [-0.39, 0.29) is 6.10 Å². The van der Waals surface area contributed by atoms with Gasteiger partial charge >= 0.3 is 0 Å². The summed E-state index contributed by atoms with van der Waals surface area (Å²) in [6, 6.07) is 13.6. The number of hydrogen-bond donors (Lipinski definition) is 0. The minimum Gasteiger partial charge on any atom is -0.488 e. The summed E-state index contributed by atoms with van der Waals surface area (Å²) in [4.78, 5) is 6.27. The van der Waals surface area contributed by atoms with Gasteiger partial charge in [-0.3, -0.25) is 4.90 Å². The molecule has 1 aromatic carbocycles. The van der Waals surface area contributed by atoms with Gasteiger partial charge < -0.3 is 9.47 Å². The molecule has 0 spiro atoms. The Morgan fingerprint density at radius 1 is 1.25 bits per heavy atom. The minimum atomic E-state index is 0.00791. The van der Waals surface area contributed by atoms with Crippen LogP contribution in [-0.4, -0.2) is 48.8 Å². The molecule has 1 aliphatic heterocycles. The molecule has 4 nitrogen and oxygen atoms in total. The van der Waals surface area contributed by atoms with Gasteiger partial charge in [0.2, 0.25) is 0 Å². The van der Waals surface area contributed by atoms with E-state index in [1.165, 1.54) is 0 Å². The number of benzene rings is 1. The molecule has 0 amide bonds. The summed E-state index contributed by atoms with van der Waals surface area (Å²) in [5.41, 5.74) is 1.04. The summed E-state index contributed by atoms with van der Waals surface area (Å²) in [5, 5.41) is 0.374. The number of ether oxygens (including phenoxy) is 2. The Morgan fingerprint density at radius 2 is 2.12 bits per heavy atom. The second kappa shape index (κ2) is 8.70. The topological polar surface area (TPSA) is 34.6 Å². The lowest BCUT2D eigenvalue weighted by Gasteiger charge is -2.31. The summed E-state index contributed by atoms with van der Waals surface area (Å²) < 4.78 is 11.5. The van der Waals surface area contributed by atoms with Crippen molar-refractivity contribution in [1.29, 1.82) is 0 Å². The van der Waals surface area contributed by atoms with Gasteiger partial charge in [0.15, 0.2) is 10.9 Å². The largest absolute Gasteiger partial charge is 0.488 e. The van der Waals surface area contributed by atoms with Crippen molar-refractivity contribution in [3.63, 3.8) is 0 Å². The number of pyridine rings is 1. The molecule has 1 saturated heterocycles. The molecule has 1 aromatic heterocycles. The summed E-state index contributed by atoms with van der Waals surface area (Å²) in [6.07, 6.45) is 1.65. The molecule has 0 radical (unpaired) electrons. The molecule has 1 unspecified atom stereocenters. The fourth-order valence-electron chi connectivity index (χ4n) is 2.46. The molecule has 0 N–H and O–H groups in total. The maximum Gasteiger partial charge on any atom is 0.171 e. The van der Waals surface area contributed by atoms with Gasteiger partial charge in [-0.1, -0.05) is 41.6 Å². The lowest BCUT2D eigenvalue weighted by atomic mass is 10.2. The first-order valence-electron chi connectivity index (χ1n) is 7.92. The monoisotopic (exact) mass is 342 g/mol. The first-order valence-corrected chi connectivity index (χ1v) is 8.30. The quantitative estimate of drug-likeness (QED) is 0.632. The third-order valence-electron chi connectivity index (χ3n) is 3.68. The molecule has 5 heteroatoms. The number of morpholine rings is 1. The van der Waals surface area contributed by atoms with Crippen LogP contribution in [0.2, 0.25) is 5.15 Å². The van der Waals surface area contributed by atoms with Crippen LogP contribution in [0.4, 0.5) is 0 Å². The lowest BCUT2D eigenvalue weighted by Crippen LogP contribution is -2.45. The van der Waals surface area contributed by atoms with Gasteiger partial charge in [0.1, 0.15) is 12.7 Å². The fourth-order valence-corrected chi connectivity index (χ4v) is 2.64. The third kappa shape index (κ3) is 4.97. The molecule has 3 rings (SSSR count). The molecule has 0 aliphatic carbocycles. The van der Waals surface area contributed by atoms with Gasteiger partial charge in [-0.25, -0.2) is 4.98 Å². The van der Waals surface area contributed by atoms with Crippen molar-refractivity contribution in [1.82, 2.24) is 9.88 Å². The Balaban J connectivity index is 1.48. The molecule has 2 heterocycles. The normalized spacial score (nSPS) is 17.8. The summed E-state index contributed by atoms with van der Waals surface area (Å²) >= 11 is 5.99. The summed E-state index contributed by atoms with van der Waals surface area (Å²) in [5.74, 6) is 6.99. The van der Waals surface area contributed by atoms with Crippen LogP contribution in [0.25, 0.3) is 0 Å². The first kappa shape index (κ1) is 16.8. The second-order valence-electron chi connectivity index (χ2n) is 5.50. The molecule has 2 aromatic rings. The Morgan fingerprint density at radius 3 is 2.96 bits per heavy atom. The van der Waals surface area contributed by atoms with Crippen LogP contribution >= 0.6 is 11.6 Å². The van der Waals surface area contributed by atoms with Gasteiger partial charge in [-0.15, -0.1) is 0 Å². The Labute approximate surface area is 147 Å². The molecular weight excluding hydrogens is 324 g/mol. The summed E-state index contributed by atoms with van der Waals surface area (Å²) in [7, 11) is 0. The molecule has 124 valence electrons. The van der Waals surface area contributed by atoms with Crippen molar-refractivity contribution in [2.75, 3.05) is 32.8 Å². The van der Waals surface area contributed by atoms with Crippen molar-refractivity contribution >= 4 is 11.6 Å². The molecule has 0 bridgehead atoms. The van der Waals surface area contributed by atoms with E-state index in [2.05, 4.69) is 21.7 Å². The van der Waals surface area contributed by atoms with Crippen molar-refractivity contribution in [3.8, 4) is 17.6 Å². The van der Waals surface area contributed by atoms with Gasteiger partial charge in [-0.2, -0.15) is 0 Å². The molecule has 1 fully saturated rings. The van der Waals surface area contributed by atoms with E-state index < -0.39 is 0 Å². The number of nitrogens with zero attached hydrogens (tertiary/aromatic N) is 2. The lowest BCUT2D eigenvalue weighted by molar-refractivity contribution is -0.0441. The van der Waals surface area contributed by atoms with Crippen molar-refractivity contribution < 1.29 is 9.47 Å². The highest BCUT2D eigenvalue weighted by Gasteiger charge is 2.20. The van der Waals surface area contributed by atoms with Gasteiger partial charge in [-0.05, 0) is 24.3 Å². The zero-order valence-electron chi connectivity index (χ0n) is 13.3. The fraction of sp³-hybridized carbons (Fsp3) is 0.316. The van der Waals surface area contributed by atoms with Crippen LogP contribution in [-0.2, 0) is 4.74 Å². The predicted molar refractivity (Wildman–Crippen MR) is 94.2 cm³/mol. The maximum atomic E-state index is 5.99. The molecule has 1 aliphatic rings. The Bertz CT molecular complexity index is 712. The van der Waals surface area contributed by atoms with E-state index in [0.29, 0.717) is 24.1 Å². The first-order chi connectivity index (χ1) is 11.8. The third-order valence-corrected chi connectivity index (χ3v) is 3.97. The van der Waals surface area contributed by atoms with Crippen molar-refractivity contribution in [2.24, 2.45) is 0 Å². The van der Waals surface area contributed by atoms with Gasteiger partial charge in [0.05, 0.1) is 13.2 Å². The molecule has 1 atom stereocenters. The van der Waals surface area contributed by atoms with Gasteiger partial charge in [0.25, 0.3) is 0 Å². The molecular formula is C19H19ClN2O2. The van der Waals surface area contributed by atoms with E-state index in [0.717, 1.165) is 25.2 Å². The van der Waals surface area contributed by atoms with Crippen LogP contribution in [0.5, 0.6) is 5.75 Å². The highest BCUT2D eigenvalue weighted by molar-refractivity contribution is 6.30. The maximum absolute atomic E-state index is 5.99. The van der Waals surface area contributed by atoms with Crippen molar-refractivity contribution in [3.05, 3.63) is 59.4 Å². The van der Waals surface area contributed by atoms with Crippen LogP contribution < -0.4 is 4.74 Å². The zero-order valence-corrected chi connectivity index (χ0v) is 14.1. The van der Waals surface area contributed by atoms with Crippen molar-refractivity contribution in [2.45, 2.75) is 6.10 Å². The number of aromatic nitrogens is 1. The van der Waals surface area contributed by atoms with Crippen LogP contribution in [0, 0.1) is 11.8 Å². The zero-order chi connectivity index (χ0) is 16.6. The van der Waals surface area contributed by atoms with E-state index in [1.807, 2.05) is 30.3 Å². The van der Waals surface area contributed by atoms with Crippen LogP contribution in [0.3, 0.4) is 0 Å². The average Bonchev–Trinajstić information content (AvgIpc) is 2.62. The summed E-state index contributed by atoms with van der Waals surface area (Å²) in [6.45, 7) is 3.53. The van der Waals surface area contributed by atoms with Crippen LogP contribution in [0.1, 0.15) is 5.56 Å². The molecule has 0 saturated carbocycles. The Kier molecular flexibility index (Phi) is 6.08. The predicted octanol–water partition coefficient (Wildman–Crippen LogP) is 2.87. The number of hydrogen-bond acceptors (Lipinski definition) is 4. The average molecular weight is 343 g/mol. The van der Waals surface area contributed by atoms with Crippen LogP contribution in [0.15, 0.2) is 48.7 Å². The minimum absolute atomic E-state index is 0.00791. The standard InChI is InChI=1S/C19H19ClN2O2/c20-19-18(9-4-10-21-19)24-15-17-14-22(12-13-23-17)11-5-8-16-6-2-1-3-7-16/h1-4,6-7,9-10,17H,11-15H2. The smallest absolute Gasteiger partial charge is 0.171 e. The van der Waals surface area contributed by atoms with Gasteiger partial charge in [0, 0.05) is 24.8 Å². The SMILES string of the molecule is Clc1ncccc1OCC1CN(CC#Cc2ccccc2)CCO1. The van der Waals surface area contributed by atoms with E-state index >= 15 is 0 Å². The highest BCUT2D eigenvalue weighted by Crippen LogP contribution is 2.21. The number of rotatable bonds is 4. The van der Waals surface area contributed by atoms with E-state index in [9.17, 15) is 0 Å². The second-order valence-corrected chi connectivity index (χ2v) is 5.86. The number of halogens is 1. The van der Waals surface area contributed by atoms with E-state index in [1.54, 1.807) is 18.3 Å².